The first-order valence-electron chi connectivity index (χ1n) is 8.24. The highest BCUT2D eigenvalue weighted by Gasteiger charge is 2.35. The lowest BCUT2D eigenvalue weighted by atomic mass is 9.88. The minimum Gasteiger partial charge on any atom is -0.353 e. The van der Waals surface area contributed by atoms with Gasteiger partial charge >= 0.3 is 0 Å². The quantitative estimate of drug-likeness (QED) is 0.907. The number of aromatic nitrogens is 2. The molecular formula is C17H26N4O. The van der Waals surface area contributed by atoms with Crippen LogP contribution in [0.4, 0.5) is 5.82 Å². The monoisotopic (exact) mass is 302 g/mol. The van der Waals surface area contributed by atoms with Gasteiger partial charge in [0.2, 0.25) is 5.91 Å². The Balaban J connectivity index is 1.61. The van der Waals surface area contributed by atoms with Gasteiger partial charge in [0.1, 0.15) is 0 Å². The maximum absolute atomic E-state index is 12.1. The molecule has 3 rings (SSSR count). The molecule has 0 saturated carbocycles. The van der Waals surface area contributed by atoms with Gasteiger partial charge in [0.15, 0.2) is 5.82 Å². The van der Waals surface area contributed by atoms with Crippen molar-refractivity contribution in [3.8, 4) is 0 Å². The number of nitrogens with zero attached hydrogens (tertiary/aromatic N) is 3. The number of rotatable bonds is 2. The van der Waals surface area contributed by atoms with Crippen molar-refractivity contribution < 1.29 is 4.79 Å². The summed E-state index contributed by atoms with van der Waals surface area (Å²) in [5.41, 5.74) is 2.33. The third-order valence-electron chi connectivity index (χ3n) is 4.46. The van der Waals surface area contributed by atoms with E-state index in [1.165, 1.54) is 12.0 Å². The van der Waals surface area contributed by atoms with Gasteiger partial charge < -0.3 is 10.2 Å². The molecule has 0 bridgehead atoms. The van der Waals surface area contributed by atoms with Gasteiger partial charge in [0.25, 0.3) is 0 Å². The summed E-state index contributed by atoms with van der Waals surface area (Å²) in [6.45, 7) is 9.81. The Kier molecular flexibility index (Phi) is 3.83. The lowest BCUT2D eigenvalue weighted by Gasteiger charge is -2.40. The highest BCUT2D eigenvalue weighted by atomic mass is 16.2. The number of fused-ring (bicyclic) bond motifs is 1. The molecule has 0 aromatic carbocycles. The van der Waals surface area contributed by atoms with Gasteiger partial charge in [-0.3, -0.25) is 4.79 Å². The molecule has 1 atom stereocenters. The number of nitrogens with one attached hydrogen (secondary N) is 1. The van der Waals surface area contributed by atoms with E-state index >= 15 is 0 Å². The molecule has 0 spiro atoms. The first-order valence-corrected chi connectivity index (χ1v) is 8.24. The third-order valence-corrected chi connectivity index (χ3v) is 4.46. The number of carbonyl (C=O) groups is 1. The van der Waals surface area contributed by atoms with Gasteiger partial charge in [0.05, 0.1) is 11.6 Å². The Morgan fingerprint density at radius 2 is 2.05 bits per heavy atom. The van der Waals surface area contributed by atoms with Crippen molar-refractivity contribution in [3.05, 3.63) is 17.3 Å². The van der Waals surface area contributed by atoms with Gasteiger partial charge in [-0.15, -0.1) is 5.10 Å². The molecule has 1 N–H and O–H groups in total. The van der Waals surface area contributed by atoms with Crippen molar-refractivity contribution in [1.82, 2.24) is 15.5 Å². The van der Waals surface area contributed by atoms with Crippen molar-refractivity contribution >= 4 is 11.7 Å². The average Bonchev–Trinajstić information content (AvgIpc) is 2.34. The van der Waals surface area contributed by atoms with Gasteiger partial charge in [-0.05, 0) is 57.6 Å². The largest absolute Gasteiger partial charge is 0.353 e. The first-order chi connectivity index (χ1) is 10.3. The molecule has 1 aliphatic heterocycles. The fraction of sp³-hybridized carbons (Fsp3) is 0.706. The van der Waals surface area contributed by atoms with Crippen molar-refractivity contribution in [1.29, 1.82) is 0 Å². The second-order valence-electron chi connectivity index (χ2n) is 7.86. The molecule has 1 aromatic heterocycles. The van der Waals surface area contributed by atoms with Crippen molar-refractivity contribution in [2.24, 2.45) is 11.8 Å². The van der Waals surface area contributed by atoms with Crippen LogP contribution in [0.2, 0.25) is 0 Å². The predicted octanol–water partition coefficient (Wildman–Crippen LogP) is 1.95. The molecular weight excluding hydrogens is 276 g/mol. The van der Waals surface area contributed by atoms with E-state index in [9.17, 15) is 4.79 Å². The SMILES string of the molecule is CC1CCc2nnc(N3CC(C(=O)NC(C)(C)C)C3)cc2C1. The lowest BCUT2D eigenvalue weighted by Crippen LogP contribution is -2.56. The van der Waals surface area contributed by atoms with Gasteiger partial charge in [-0.25, -0.2) is 0 Å². The molecule has 1 fully saturated rings. The Bertz CT molecular complexity index is 573. The summed E-state index contributed by atoms with van der Waals surface area (Å²) >= 11 is 0. The van der Waals surface area contributed by atoms with Crippen molar-refractivity contribution in [3.63, 3.8) is 0 Å². The fourth-order valence-electron chi connectivity index (χ4n) is 3.15. The lowest BCUT2D eigenvalue weighted by molar-refractivity contribution is -0.127. The molecule has 1 saturated heterocycles. The Labute approximate surface area is 132 Å². The molecule has 1 aromatic rings. The van der Waals surface area contributed by atoms with E-state index in [4.69, 9.17) is 0 Å². The average molecular weight is 302 g/mol. The number of hydrogen-bond acceptors (Lipinski definition) is 4. The Morgan fingerprint density at radius 1 is 1.32 bits per heavy atom. The molecule has 1 amide bonds. The molecule has 1 unspecified atom stereocenters. The van der Waals surface area contributed by atoms with E-state index in [1.54, 1.807) is 0 Å². The minimum atomic E-state index is -0.167. The smallest absolute Gasteiger partial charge is 0.227 e. The fourth-order valence-corrected chi connectivity index (χ4v) is 3.15. The minimum absolute atomic E-state index is 0.0657. The maximum atomic E-state index is 12.1. The number of carbonyl (C=O) groups excluding carboxylic acids is 1. The van der Waals surface area contributed by atoms with Crippen molar-refractivity contribution in [2.75, 3.05) is 18.0 Å². The molecule has 22 heavy (non-hydrogen) atoms. The van der Waals surface area contributed by atoms with E-state index in [2.05, 4.69) is 33.4 Å². The Morgan fingerprint density at radius 3 is 2.73 bits per heavy atom. The molecule has 5 nitrogen and oxygen atoms in total. The summed E-state index contributed by atoms with van der Waals surface area (Å²) < 4.78 is 0. The van der Waals surface area contributed by atoms with Gasteiger partial charge in [-0.2, -0.15) is 5.10 Å². The standard InChI is InChI=1S/C17H26N4O/c1-11-5-6-14-12(7-11)8-15(20-19-14)21-9-13(10-21)16(22)18-17(2,3)4/h8,11,13H,5-7,9-10H2,1-4H3,(H,18,22). The Hall–Kier alpha value is -1.65. The van der Waals surface area contributed by atoms with E-state index in [-0.39, 0.29) is 17.4 Å². The topological polar surface area (TPSA) is 58.1 Å². The summed E-state index contributed by atoms with van der Waals surface area (Å²) in [4.78, 5) is 14.3. The van der Waals surface area contributed by atoms with Crippen LogP contribution in [0.1, 0.15) is 45.4 Å². The highest BCUT2D eigenvalue weighted by molar-refractivity contribution is 5.82. The van der Waals surface area contributed by atoms with Crippen LogP contribution in [-0.4, -0.2) is 34.7 Å². The van der Waals surface area contributed by atoms with Crippen LogP contribution >= 0.6 is 0 Å². The van der Waals surface area contributed by atoms with E-state index in [0.29, 0.717) is 0 Å². The molecule has 120 valence electrons. The van der Waals surface area contributed by atoms with Crippen LogP contribution in [0.25, 0.3) is 0 Å². The number of anilines is 1. The third kappa shape index (κ3) is 3.23. The van der Waals surface area contributed by atoms with Crippen molar-refractivity contribution in [2.45, 2.75) is 52.5 Å². The second kappa shape index (κ2) is 5.52. The maximum Gasteiger partial charge on any atom is 0.227 e. The van der Waals surface area contributed by atoms with E-state index in [1.807, 2.05) is 20.8 Å². The van der Waals surface area contributed by atoms with Crippen LogP contribution in [0.5, 0.6) is 0 Å². The normalized spacial score (nSPS) is 22.0. The summed E-state index contributed by atoms with van der Waals surface area (Å²) in [5, 5.41) is 11.8. The van der Waals surface area contributed by atoms with Gasteiger partial charge in [-0.1, -0.05) is 6.92 Å². The molecule has 0 radical (unpaired) electrons. The molecule has 1 aliphatic carbocycles. The van der Waals surface area contributed by atoms with E-state index in [0.717, 1.165) is 43.4 Å². The predicted molar refractivity (Wildman–Crippen MR) is 86.8 cm³/mol. The summed E-state index contributed by atoms with van der Waals surface area (Å²) in [5.74, 6) is 1.86. The highest BCUT2D eigenvalue weighted by Crippen LogP contribution is 2.28. The summed E-state index contributed by atoms with van der Waals surface area (Å²) in [6, 6.07) is 2.18. The van der Waals surface area contributed by atoms with Crippen LogP contribution < -0.4 is 10.2 Å². The summed E-state index contributed by atoms with van der Waals surface area (Å²) in [7, 11) is 0. The van der Waals surface area contributed by atoms with Crippen LogP contribution in [0, 0.1) is 11.8 Å². The molecule has 2 heterocycles. The van der Waals surface area contributed by atoms with Crippen LogP contribution in [0.15, 0.2) is 6.07 Å². The van der Waals surface area contributed by atoms with Crippen LogP contribution in [0.3, 0.4) is 0 Å². The first kappa shape index (κ1) is 15.3. The number of amides is 1. The summed E-state index contributed by atoms with van der Waals surface area (Å²) in [6.07, 6.45) is 3.35. The van der Waals surface area contributed by atoms with E-state index < -0.39 is 0 Å². The zero-order valence-electron chi connectivity index (χ0n) is 14.0. The number of aryl methyl sites for hydroxylation is 1. The zero-order chi connectivity index (χ0) is 15.9. The zero-order valence-corrected chi connectivity index (χ0v) is 14.0. The number of hydrogen-bond donors (Lipinski definition) is 1. The van der Waals surface area contributed by atoms with Crippen LogP contribution in [-0.2, 0) is 17.6 Å². The second-order valence-corrected chi connectivity index (χ2v) is 7.86. The molecule has 5 heteroatoms. The van der Waals surface area contributed by atoms with Gasteiger partial charge in [0, 0.05) is 18.6 Å². The molecule has 2 aliphatic rings.